The molecule has 0 amide bonds. The van der Waals surface area contributed by atoms with Crippen molar-refractivity contribution in [3.8, 4) is 0 Å². The number of imidazole rings is 1. The normalized spacial score (nSPS) is 23.5. The van der Waals surface area contributed by atoms with Crippen LogP contribution in [0.25, 0.3) is 0 Å². The van der Waals surface area contributed by atoms with Crippen LogP contribution in [0.5, 0.6) is 0 Å². The number of rotatable bonds is 1. The average Bonchev–Trinajstić information content (AvgIpc) is 2.52. The van der Waals surface area contributed by atoms with Gasteiger partial charge in [0, 0.05) is 37.6 Å². The number of hydrogen-bond donors (Lipinski definition) is 2. The molecular weight excluding hydrogens is 164 g/mol. The van der Waals surface area contributed by atoms with Crippen molar-refractivity contribution < 1.29 is 0 Å². The summed E-state index contributed by atoms with van der Waals surface area (Å²) in [5, 5.41) is 3.41. The van der Waals surface area contributed by atoms with E-state index >= 15 is 0 Å². The molecule has 1 atom stereocenters. The van der Waals surface area contributed by atoms with E-state index in [4.69, 9.17) is 0 Å². The van der Waals surface area contributed by atoms with E-state index in [1.54, 1.807) is 0 Å². The molecule has 1 fully saturated rings. The lowest BCUT2D eigenvalue weighted by Gasteiger charge is -2.31. The van der Waals surface area contributed by atoms with Crippen molar-refractivity contribution in [3.63, 3.8) is 0 Å². The zero-order valence-corrected chi connectivity index (χ0v) is 8.17. The van der Waals surface area contributed by atoms with Crippen molar-refractivity contribution in [2.75, 3.05) is 24.5 Å². The summed E-state index contributed by atoms with van der Waals surface area (Å²) in [6.45, 7) is 7.34. The maximum absolute atomic E-state index is 4.32. The Labute approximate surface area is 78.4 Å². The molecule has 1 saturated heterocycles. The fourth-order valence-corrected chi connectivity index (χ4v) is 1.68. The van der Waals surface area contributed by atoms with Crippen molar-refractivity contribution >= 4 is 5.95 Å². The second-order valence-corrected chi connectivity index (χ2v) is 3.69. The van der Waals surface area contributed by atoms with Crippen LogP contribution < -0.4 is 10.2 Å². The molecule has 1 aliphatic rings. The Hall–Kier alpha value is -1.03. The number of aromatic amines is 1. The van der Waals surface area contributed by atoms with Crippen molar-refractivity contribution in [1.82, 2.24) is 15.3 Å². The molecule has 2 rings (SSSR count). The van der Waals surface area contributed by atoms with Gasteiger partial charge in [-0.05, 0) is 13.8 Å². The van der Waals surface area contributed by atoms with Crippen LogP contribution in [0.3, 0.4) is 0 Å². The van der Waals surface area contributed by atoms with Crippen LogP contribution in [0.4, 0.5) is 5.95 Å². The van der Waals surface area contributed by atoms with Gasteiger partial charge in [-0.3, -0.25) is 0 Å². The van der Waals surface area contributed by atoms with E-state index in [0.717, 1.165) is 31.3 Å². The number of H-pyrrole nitrogens is 1. The standard InChI is InChI=1S/C9H16N4/c1-7-5-11-9(12-7)13-4-3-10-8(2)6-13/h5,8,10H,3-4,6H2,1-2H3,(H,11,12)/t8-/m0/s1. The highest BCUT2D eigenvalue weighted by molar-refractivity contribution is 5.32. The topological polar surface area (TPSA) is 44.0 Å². The van der Waals surface area contributed by atoms with Gasteiger partial charge in [0.1, 0.15) is 0 Å². The van der Waals surface area contributed by atoms with Gasteiger partial charge in [0.15, 0.2) is 0 Å². The summed E-state index contributed by atoms with van der Waals surface area (Å²) in [4.78, 5) is 9.86. The third-order valence-electron chi connectivity index (χ3n) is 2.36. The van der Waals surface area contributed by atoms with E-state index < -0.39 is 0 Å². The maximum atomic E-state index is 4.32. The van der Waals surface area contributed by atoms with E-state index in [1.165, 1.54) is 0 Å². The summed E-state index contributed by atoms with van der Waals surface area (Å²) in [7, 11) is 0. The van der Waals surface area contributed by atoms with E-state index in [-0.39, 0.29) is 0 Å². The molecule has 2 heterocycles. The molecule has 4 heteroatoms. The fraction of sp³-hybridized carbons (Fsp3) is 0.667. The predicted molar refractivity (Wildman–Crippen MR) is 53.0 cm³/mol. The lowest BCUT2D eigenvalue weighted by Crippen LogP contribution is -2.49. The molecule has 4 nitrogen and oxygen atoms in total. The maximum Gasteiger partial charge on any atom is 0.203 e. The summed E-state index contributed by atoms with van der Waals surface area (Å²) in [5.41, 5.74) is 1.13. The van der Waals surface area contributed by atoms with E-state index in [0.29, 0.717) is 6.04 Å². The molecule has 72 valence electrons. The highest BCUT2D eigenvalue weighted by Crippen LogP contribution is 2.10. The summed E-state index contributed by atoms with van der Waals surface area (Å²) < 4.78 is 0. The Kier molecular flexibility index (Phi) is 2.22. The first-order chi connectivity index (χ1) is 6.25. The van der Waals surface area contributed by atoms with E-state index in [2.05, 4.69) is 27.1 Å². The minimum absolute atomic E-state index is 0.555. The first kappa shape index (κ1) is 8.56. The number of anilines is 1. The van der Waals surface area contributed by atoms with Gasteiger partial charge in [-0.25, -0.2) is 4.98 Å². The second-order valence-electron chi connectivity index (χ2n) is 3.69. The SMILES string of the molecule is Cc1cnc(N2CCN[C@@H](C)C2)[nH]1. The van der Waals surface area contributed by atoms with Crippen molar-refractivity contribution in [2.45, 2.75) is 19.9 Å². The first-order valence-corrected chi connectivity index (χ1v) is 4.75. The van der Waals surface area contributed by atoms with Gasteiger partial charge in [-0.2, -0.15) is 0 Å². The Morgan fingerprint density at radius 3 is 3.08 bits per heavy atom. The molecule has 0 saturated carbocycles. The minimum Gasteiger partial charge on any atom is -0.340 e. The summed E-state index contributed by atoms with van der Waals surface area (Å²) in [5.74, 6) is 1.01. The molecule has 0 spiro atoms. The van der Waals surface area contributed by atoms with Crippen LogP contribution in [-0.4, -0.2) is 35.6 Å². The van der Waals surface area contributed by atoms with Crippen molar-refractivity contribution in [2.24, 2.45) is 0 Å². The van der Waals surface area contributed by atoms with Crippen LogP contribution in [0.1, 0.15) is 12.6 Å². The van der Waals surface area contributed by atoms with Crippen LogP contribution >= 0.6 is 0 Å². The number of aryl methyl sites for hydroxylation is 1. The molecule has 1 aromatic heterocycles. The molecule has 1 aliphatic heterocycles. The van der Waals surface area contributed by atoms with Crippen molar-refractivity contribution in [3.05, 3.63) is 11.9 Å². The van der Waals surface area contributed by atoms with Gasteiger partial charge >= 0.3 is 0 Å². The predicted octanol–water partition coefficient (Wildman–Crippen LogP) is 0.516. The largest absolute Gasteiger partial charge is 0.340 e. The number of nitrogens with one attached hydrogen (secondary N) is 2. The Bertz CT molecular complexity index is 281. The fourth-order valence-electron chi connectivity index (χ4n) is 1.68. The van der Waals surface area contributed by atoms with Gasteiger partial charge in [-0.1, -0.05) is 0 Å². The molecular formula is C9H16N4. The van der Waals surface area contributed by atoms with E-state index in [9.17, 15) is 0 Å². The number of aromatic nitrogens is 2. The monoisotopic (exact) mass is 180 g/mol. The average molecular weight is 180 g/mol. The molecule has 0 unspecified atom stereocenters. The highest BCUT2D eigenvalue weighted by Gasteiger charge is 2.17. The van der Waals surface area contributed by atoms with Crippen LogP contribution in [0.2, 0.25) is 0 Å². The Morgan fingerprint density at radius 2 is 2.46 bits per heavy atom. The van der Waals surface area contributed by atoms with Crippen molar-refractivity contribution in [1.29, 1.82) is 0 Å². The minimum atomic E-state index is 0.555. The summed E-state index contributed by atoms with van der Waals surface area (Å²) in [6.07, 6.45) is 1.88. The third kappa shape index (κ3) is 1.83. The summed E-state index contributed by atoms with van der Waals surface area (Å²) in [6, 6.07) is 0.555. The molecule has 0 aromatic carbocycles. The summed E-state index contributed by atoms with van der Waals surface area (Å²) >= 11 is 0. The lowest BCUT2D eigenvalue weighted by atomic mass is 10.2. The van der Waals surface area contributed by atoms with Crippen LogP contribution in [-0.2, 0) is 0 Å². The number of hydrogen-bond acceptors (Lipinski definition) is 3. The Balaban J connectivity index is 2.08. The molecule has 13 heavy (non-hydrogen) atoms. The Morgan fingerprint density at radius 1 is 1.62 bits per heavy atom. The van der Waals surface area contributed by atoms with Gasteiger partial charge in [0.05, 0.1) is 0 Å². The van der Waals surface area contributed by atoms with E-state index in [1.807, 2.05) is 13.1 Å². The molecule has 2 N–H and O–H groups in total. The third-order valence-corrected chi connectivity index (χ3v) is 2.36. The number of nitrogens with zero attached hydrogens (tertiary/aromatic N) is 2. The zero-order chi connectivity index (χ0) is 9.26. The first-order valence-electron chi connectivity index (χ1n) is 4.75. The highest BCUT2D eigenvalue weighted by atomic mass is 15.3. The second kappa shape index (κ2) is 3.38. The van der Waals surface area contributed by atoms with Gasteiger partial charge in [0.2, 0.25) is 5.95 Å². The molecule has 0 bridgehead atoms. The van der Waals surface area contributed by atoms with Gasteiger partial charge in [0.25, 0.3) is 0 Å². The molecule has 0 radical (unpaired) electrons. The van der Waals surface area contributed by atoms with Crippen LogP contribution in [0, 0.1) is 6.92 Å². The quantitative estimate of drug-likeness (QED) is 0.662. The van der Waals surface area contributed by atoms with Gasteiger partial charge < -0.3 is 15.2 Å². The molecule has 1 aromatic rings. The zero-order valence-electron chi connectivity index (χ0n) is 8.17. The lowest BCUT2D eigenvalue weighted by molar-refractivity contribution is 0.480. The van der Waals surface area contributed by atoms with Crippen LogP contribution in [0.15, 0.2) is 6.20 Å². The molecule has 0 aliphatic carbocycles. The number of piperazine rings is 1. The smallest absolute Gasteiger partial charge is 0.203 e. The van der Waals surface area contributed by atoms with Gasteiger partial charge in [-0.15, -0.1) is 0 Å².